The van der Waals surface area contributed by atoms with Crippen molar-refractivity contribution in [3.8, 4) is 0 Å². The molecular weight excluding hydrogens is 476 g/mol. The van der Waals surface area contributed by atoms with Gasteiger partial charge in [-0.3, -0.25) is 30.6 Å². The average Bonchev–Trinajstić information content (AvgIpc) is 2.76. The second-order valence-corrected chi connectivity index (χ2v) is 9.75. The van der Waals surface area contributed by atoms with Gasteiger partial charge in [0.05, 0.1) is 22.2 Å². The first-order chi connectivity index (χ1) is 15.5. The van der Waals surface area contributed by atoms with Crippen LogP contribution in [-0.2, 0) is 14.8 Å². The predicted molar refractivity (Wildman–Crippen MR) is 118 cm³/mol. The summed E-state index contributed by atoms with van der Waals surface area (Å²) in [6.45, 7) is 3.79. The fraction of sp³-hybridized carbons (Fsp3) is 0.300. The molecule has 3 rings (SSSR count). The van der Waals surface area contributed by atoms with Gasteiger partial charge in [-0.1, -0.05) is 17.7 Å². The monoisotopic (exact) mass is 496 g/mol. The van der Waals surface area contributed by atoms with Crippen molar-refractivity contribution < 1.29 is 27.7 Å². The van der Waals surface area contributed by atoms with Gasteiger partial charge < -0.3 is 4.74 Å². The van der Waals surface area contributed by atoms with Gasteiger partial charge in [-0.2, -0.15) is 4.31 Å². The Morgan fingerprint density at radius 3 is 2.21 bits per heavy atom. The fourth-order valence-electron chi connectivity index (χ4n) is 3.33. The molecule has 2 unspecified atom stereocenters. The number of rotatable bonds is 5. The first-order valence-electron chi connectivity index (χ1n) is 9.79. The van der Waals surface area contributed by atoms with Gasteiger partial charge >= 0.3 is 0 Å². The number of ether oxygens (including phenoxy) is 1. The van der Waals surface area contributed by atoms with E-state index < -0.39 is 26.8 Å². The number of halogens is 1. The van der Waals surface area contributed by atoms with Crippen LogP contribution in [0.15, 0.2) is 47.4 Å². The van der Waals surface area contributed by atoms with E-state index >= 15 is 0 Å². The summed E-state index contributed by atoms with van der Waals surface area (Å²) in [5.41, 5.74) is 3.91. The zero-order chi connectivity index (χ0) is 24.3. The number of hydrogen-bond donors (Lipinski definition) is 2. The number of sulfonamides is 1. The average molecular weight is 497 g/mol. The number of benzene rings is 2. The highest BCUT2D eigenvalue weighted by Gasteiger charge is 2.34. The SMILES string of the molecule is CC1CN(S(=O)(=O)c2cc(C(=O)NNC(=O)c3cccc([N+](=O)[O-])c3)ccc2Cl)CC(C)O1. The van der Waals surface area contributed by atoms with Crippen LogP contribution in [0.2, 0.25) is 5.02 Å². The number of hydrogen-bond acceptors (Lipinski definition) is 7. The summed E-state index contributed by atoms with van der Waals surface area (Å²) in [5.74, 6) is -1.59. The van der Waals surface area contributed by atoms with Crippen molar-refractivity contribution in [2.45, 2.75) is 31.0 Å². The summed E-state index contributed by atoms with van der Waals surface area (Å²) >= 11 is 6.13. The Kier molecular flexibility index (Phi) is 7.32. The third kappa shape index (κ3) is 5.66. The maximum atomic E-state index is 13.1. The molecule has 176 valence electrons. The lowest BCUT2D eigenvalue weighted by atomic mass is 10.2. The lowest BCUT2D eigenvalue weighted by Gasteiger charge is -2.34. The molecule has 1 fully saturated rings. The summed E-state index contributed by atoms with van der Waals surface area (Å²) in [5, 5.41) is 10.8. The van der Waals surface area contributed by atoms with Crippen LogP contribution < -0.4 is 10.9 Å². The minimum Gasteiger partial charge on any atom is -0.373 e. The minimum absolute atomic E-state index is 0.0422. The van der Waals surface area contributed by atoms with E-state index in [1.165, 1.54) is 34.6 Å². The summed E-state index contributed by atoms with van der Waals surface area (Å²) in [6.07, 6.45) is -0.615. The summed E-state index contributed by atoms with van der Waals surface area (Å²) in [6, 6.07) is 8.65. The summed E-state index contributed by atoms with van der Waals surface area (Å²) in [7, 11) is -4.01. The van der Waals surface area contributed by atoms with Crippen LogP contribution in [0.5, 0.6) is 0 Å². The van der Waals surface area contributed by atoms with Crippen LogP contribution in [0.4, 0.5) is 5.69 Å². The van der Waals surface area contributed by atoms with Crippen LogP contribution in [0.25, 0.3) is 0 Å². The maximum Gasteiger partial charge on any atom is 0.270 e. The van der Waals surface area contributed by atoms with Gasteiger partial charge in [0.15, 0.2) is 0 Å². The van der Waals surface area contributed by atoms with Gasteiger partial charge in [-0.25, -0.2) is 8.42 Å². The van der Waals surface area contributed by atoms with Gasteiger partial charge in [-0.15, -0.1) is 0 Å². The number of carbonyl (C=O) groups is 2. The number of amides is 2. The maximum absolute atomic E-state index is 13.1. The largest absolute Gasteiger partial charge is 0.373 e. The number of nitro benzene ring substituents is 1. The van der Waals surface area contributed by atoms with Gasteiger partial charge in [-0.05, 0) is 38.1 Å². The van der Waals surface area contributed by atoms with E-state index in [1.807, 2.05) is 0 Å². The molecule has 1 saturated heterocycles. The van der Waals surface area contributed by atoms with Gasteiger partial charge in [0.25, 0.3) is 17.5 Å². The third-order valence-corrected chi connectivity index (χ3v) is 7.12. The Labute approximate surface area is 194 Å². The Bertz CT molecular complexity index is 1190. The molecule has 2 aromatic rings. The standard InChI is InChI=1S/C20H21ClN4O7S/c1-12-10-24(11-13(2)32-12)33(30,31)18-9-15(6-7-17(18)21)20(27)23-22-19(26)14-4-3-5-16(8-14)25(28)29/h3-9,12-13H,10-11H2,1-2H3,(H,22,26)(H,23,27). The first kappa shape index (κ1) is 24.6. The Morgan fingerprint density at radius 2 is 1.64 bits per heavy atom. The lowest BCUT2D eigenvalue weighted by molar-refractivity contribution is -0.384. The Hall–Kier alpha value is -3.06. The van der Waals surface area contributed by atoms with Crippen molar-refractivity contribution in [1.29, 1.82) is 0 Å². The normalized spacial score (nSPS) is 19.0. The van der Waals surface area contributed by atoms with Crippen molar-refractivity contribution in [3.63, 3.8) is 0 Å². The molecule has 0 spiro atoms. The second kappa shape index (κ2) is 9.83. The number of non-ortho nitro benzene ring substituents is 1. The lowest BCUT2D eigenvalue weighted by Crippen LogP contribution is -2.48. The van der Waals surface area contributed by atoms with E-state index in [1.54, 1.807) is 13.8 Å². The molecular formula is C20H21ClN4O7S. The van der Waals surface area contributed by atoms with E-state index in [2.05, 4.69) is 10.9 Å². The molecule has 2 N–H and O–H groups in total. The first-order valence-corrected chi connectivity index (χ1v) is 11.6. The minimum atomic E-state index is -4.01. The van der Waals surface area contributed by atoms with Crippen molar-refractivity contribution in [3.05, 3.63) is 68.7 Å². The molecule has 0 aliphatic carbocycles. The van der Waals surface area contributed by atoms with E-state index in [4.69, 9.17) is 16.3 Å². The number of morpholine rings is 1. The molecule has 11 nitrogen and oxygen atoms in total. The number of carbonyl (C=O) groups excluding carboxylic acids is 2. The number of hydrazine groups is 1. The van der Waals surface area contributed by atoms with Crippen molar-refractivity contribution in [2.75, 3.05) is 13.1 Å². The van der Waals surface area contributed by atoms with Crippen molar-refractivity contribution >= 4 is 39.1 Å². The molecule has 0 bridgehead atoms. The van der Waals surface area contributed by atoms with Gasteiger partial charge in [0.2, 0.25) is 10.0 Å². The molecule has 1 aliphatic heterocycles. The molecule has 0 saturated carbocycles. The van der Waals surface area contributed by atoms with Crippen LogP contribution >= 0.6 is 11.6 Å². The van der Waals surface area contributed by atoms with Crippen LogP contribution in [0, 0.1) is 10.1 Å². The highest BCUT2D eigenvalue weighted by atomic mass is 35.5. The highest BCUT2D eigenvalue weighted by molar-refractivity contribution is 7.89. The molecule has 1 aliphatic rings. The second-order valence-electron chi connectivity index (χ2n) is 7.44. The van der Waals surface area contributed by atoms with Gasteiger partial charge in [0.1, 0.15) is 4.90 Å². The molecule has 13 heteroatoms. The Balaban J connectivity index is 1.76. The quantitative estimate of drug-likeness (QED) is 0.475. The van der Waals surface area contributed by atoms with E-state index in [0.29, 0.717) is 0 Å². The summed E-state index contributed by atoms with van der Waals surface area (Å²) in [4.78, 5) is 34.7. The molecule has 33 heavy (non-hydrogen) atoms. The predicted octanol–water partition coefficient (Wildman–Crippen LogP) is 2.12. The van der Waals surface area contributed by atoms with Crippen LogP contribution in [0.1, 0.15) is 34.6 Å². The topological polar surface area (TPSA) is 148 Å². The highest BCUT2D eigenvalue weighted by Crippen LogP contribution is 2.28. The summed E-state index contributed by atoms with van der Waals surface area (Å²) < 4.78 is 33.1. The molecule has 1 heterocycles. The van der Waals surface area contributed by atoms with E-state index in [0.717, 1.165) is 12.1 Å². The smallest absolute Gasteiger partial charge is 0.270 e. The van der Waals surface area contributed by atoms with Gasteiger partial charge in [0, 0.05) is 36.3 Å². The Morgan fingerprint density at radius 1 is 1.06 bits per heavy atom. The van der Waals surface area contributed by atoms with Crippen LogP contribution in [-0.4, -0.2) is 54.8 Å². The zero-order valence-electron chi connectivity index (χ0n) is 17.6. The molecule has 0 radical (unpaired) electrons. The van der Waals surface area contributed by atoms with E-state index in [9.17, 15) is 28.1 Å². The van der Waals surface area contributed by atoms with Crippen molar-refractivity contribution in [1.82, 2.24) is 15.2 Å². The van der Waals surface area contributed by atoms with Crippen LogP contribution in [0.3, 0.4) is 0 Å². The third-order valence-electron chi connectivity index (χ3n) is 4.81. The number of nitro groups is 1. The van der Waals surface area contributed by atoms with Crippen molar-refractivity contribution in [2.24, 2.45) is 0 Å². The number of nitrogens with zero attached hydrogens (tertiary/aromatic N) is 2. The zero-order valence-corrected chi connectivity index (χ0v) is 19.2. The molecule has 2 aromatic carbocycles. The van der Waals surface area contributed by atoms with E-state index in [-0.39, 0.29) is 52.0 Å². The number of nitrogens with one attached hydrogen (secondary N) is 2. The molecule has 2 atom stereocenters. The fourth-order valence-corrected chi connectivity index (χ4v) is 5.42. The molecule has 0 aromatic heterocycles. The molecule has 2 amide bonds.